The lowest BCUT2D eigenvalue weighted by Gasteiger charge is -2.38. The molecule has 37 heavy (non-hydrogen) atoms. The van der Waals surface area contributed by atoms with Crippen LogP contribution in [-0.2, 0) is 4.79 Å². The summed E-state index contributed by atoms with van der Waals surface area (Å²) < 4.78 is 34.1. The van der Waals surface area contributed by atoms with E-state index in [2.05, 4.69) is 21.7 Å². The summed E-state index contributed by atoms with van der Waals surface area (Å²) in [6.45, 7) is 1.46. The minimum Gasteiger partial charge on any atom is -0.497 e. The number of carboxylic acids is 1. The molecule has 1 aliphatic rings. The highest BCUT2D eigenvalue weighted by Gasteiger charge is 2.41. The molecule has 1 aliphatic heterocycles. The van der Waals surface area contributed by atoms with Gasteiger partial charge in [-0.3, -0.25) is 14.7 Å². The van der Waals surface area contributed by atoms with Gasteiger partial charge in [-0.2, -0.15) is 0 Å². The Bertz CT molecular complexity index is 1360. The van der Waals surface area contributed by atoms with E-state index in [0.717, 1.165) is 0 Å². The van der Waals surface area contributed by atoms with Gasteiger partial charge in [-0.25, -0.2) is 8.78 Å². The molecule has 0 aliphatic carbocycles. The molecule has 0 bridgehead atoms. The second-order valence-corrected chi connectivity index (χ2v) is 10.0. The number of pyridine rings is 1. The van der Waals surface area contributed by atoms with Crippen LogP contribution in [0, 0.1) is 23.1 Å². The zero-order chi connectivity index (χ0) is 26.6. The highest BCUT2D eigenvalue weighted by Crippen LogP contribution is 2.42. The summed E-state index contributed by atoms with van der Waals surface area (Å²) in [5.74, 6) is 5.17. The van der Waals surface area contributed by atoms with Crippen molar-refractivity contribution in [2.45, 2.75) is 31.9 Å². The smallest absolute Gasteiger partial charge is 0.309 e. The lowest BCUT2D eigenvalue weighted by atomic mass is 9.74. The molecule has 1 N–H and O–H groups in total. The van der Waals surface area contributed by atoms with Crippen LogP contribution < -0.4 is 4.74 Å². The number of halogens is 4. The highest BCUT2D eigenvalue weighted by molar-refractivity contribution is 6.32. The summed E-state index contributed by atoms with van der Waals surface area (Å²) in [5.41, 5.74) is 0.404. The summed E-state index contributed by atoms with van der Waals surface area (Å²) in [6.07, 6.45) is 0.929. The van der Waals surface area contributed by atoms with Crippen LogP contribution in [-0.4, -0.2) is 47.7 Å². The quantitative estimate of drug-likeness (QED) is 0.334. The van der Waals surface area contributed by atoms with E-state index in [1.807, 2.05) is 0 Å². The SMILES string of the molecule is COc1ccc2ncc(Cl)c([C@@H](F)CCC3(C(=O)O)CCN(CC#Cc4ccc(F)cc4Cl)CC3)c2c1. The van der Waals surface area contributed by atoms with Gasteiger partial charge in [-0.05, 0) is 62.1 Å². The number of methoxy groups -OCH3 is 1. The van der Waals surface area contributed by atoms with Crippen LogP contribution in [0.4, 0.5) is 8.78 Å². The van der Waals surface area contributed by atoms with Crippen molar-refractivity contribution in [2.75, 3.05) is 26.7 Å². The number of rotatable bonds is 7. The molecule has 9 heteroatoms. The molecule has 0 amide bonds. The van der Waals surface area contributed by atoms with Gasteiger partial charge in [0, 0.05) is 35.8 Å². The largest absolute Gasteiger partial charge is 0.497 e. The Kier molecular flexibility index (Phi) is 8.53. The number of carboxylic acid groups (broad SMARTS) is 1. The number of hydrogen-bond acceptors (Lipinski definition) is 4. The first-order valence-electron chi connectivity index (χ1n) is 11.9. The maximum atomic E-state index is 15.6. The van der Waals surface area contributed by atoms with Crippen LogP contribution >= 0.6 is 23.2 Å². The fourth-order valence-corrected chi connectivity index (χ4v) is 5.19. The average Bonchev–Trinajstić information content (AvgIpc) is 2.88. The summed E-state index contributed by atoms with van der Waals surface area (Å²) >= 11 is 12.4. The van der Waals surface area contributed by atoms with Crippen LogP contribution in [0.15, 0.2) is 42.6 Å². The first-order chi connectivity index (χ1) is 17.7. The van der Waals surface area contributed by atoms with Crippen molar-refractivity contribution >= 4 is 40.1 Å². The van der Waals surface area contributed by atoms with Gasteiger partial charge in [0.2, 0.25) is 0 Å². The normalized spacial score (nSPS) is 16.1. The first kappa shape index (κ1) is 27.1. The molecule has 5 nitrogen and oxygen atoms in total. The van der Waals surface area contributed by atoms with Gasteiger partial charge in [-0.1, -0.05) is 35.0 Å². The molecule has 4 rings (SSSR count). The number of fused-ring (bicyclic) bond motifs is 1. The number of alkyl halides is 1. The molecule has 1 saturated heterocycles. The van der Waals surface area contributed by atoms with Gasteiger partial charge in [-0.15, -0.1) is 0 Å². The van der Waals surface area contributed by atoms with Crippen molar-refractivity contribution in [2.24, 2.45) is 5.41 Å². The minimum atomic E-state index is -1.45. The first-order valence-corrected chi connectivity index (χ1v) is 12.6. The molecular weight excluding hydrogens is 521 g/mol. The monoisotopic (exact) mass is 546 g/mol. The Labute approximate surface area is 224 Å². The van der Waals surface area contributed by atoms with Crippen molar-refractivity contribution in [3.8, 4) is 17.6 Å². The predicted octanol–water partition coefficient (Wildman–Crippen LogP) is 6.70. The van der Waals surface area contributed by atoms with Gasteiger partial charge < -0.3 is 9.84 Å². The minimum absolute atomic E-state index is 0.0191. The van der Waals surface area contributed by atoms with Crippen LogP contribution in [0.25, 0.3) is 10.9 Å². The predicted molar refractivity (Wildman–Crippen MR) is 140 cm³/mol. The van der Waals surface area contributed by atoms with E-state index in [9.17, 15) is 14.3 Å². The van der Waals surface area contributed by atoms with Crippen molar-refractivity contribution in [3.63, 3.8) is 0 Å². The molecule has 1 fully saturated rings. The third-order valence-electron chi connectivity index (χ3n) is 6.98. The van der Waals surface area contributed by atoms with Crippen molar-refractivity contribution < 1.29 is 23.4 Å². The molecule has 0 radical (unpaired) electrons. The number of carbonyl (C=O) groups is 1. The van der Waals surface area contributed by atoms with Crippen molar-refractivity contribution in [1.82, 2.24) is 9.88 Å². The Hall–Kier alpha value is -2.92. The molecule has 0 unspecified atom stereocenters. The van der Waals surface area contributed by atoms with E-state index >= 15 is 4.39 Å². The molecule has 1 atom stereocenters. The number of benzene rings is 2. The lowest BCUT2D eigenvalue weighted by molar-refractivity contribution is -0.152. The molecule has 2 aromatic carbocycles. The standard InChI is InChI=1S/C28H26Cl2F2N2O3/c1-37-20-6-7-25-21(16-20)26(23(30)17-33-25)24(32)8-9-28(27(35)36)10-13-34(14-11-28)12-2-3-18-4-5-19(31)15-22(18)29/h4-7,15-17,24H,8-14H2,1H3,(H,35,36)/t24-/m0/s1. The van der Waals surface area contributed by atoms with E-state index in [1.54, 1.807) is 18.2 Å². The van der Waals surface area contributed by atoms with Crippen LogP contribution in [0.5, 0.6) is 5.75 Å². The second-order valence-electron chi connectivity index (χ2n) is 9.20. The number of nitrogens with zero attached hydrogens (tertiary/aromatic N) is 2. The van der Waals surface area contributed by atoms with Gasteiger partial charge in [0.15, 0.2) is 0 Å². The Balaban J connectivity index is 1.41. The summed E-state index contributed by atoms with van der Waals surface area (Å²) in [5, 5.41) is 11.1. The van der Waals surface area contributed by atoms with Crippen LogP contribution in [0.1, 0.15) is 43.0 Å². The topological polar surface area (TPSA) is 62.7 Å². The van der Waals surface area contributed by atoms with Crippen LogP contribution in [0.2, 0.25) is 10.0 Å². The third kappa shape index (κ3) is 6.15. The molecule has 1 aromatic heterocycles. The maximum Gasteiger partial charge on any atom is 0.309 e. The highest BCUT2D eigenvalue weighted by atomic mass is 35.5. The van der Waals surface area contributed by atoms with Crippen LogP contribution in [0.3, 0.4) is 0 Å². The number of aliphatic carboxylic acids is 1. The summed E-state index contributed by atoms with van der Waals surface area (Å²) in [7, 11) is 1.53. The molecule has 3 aromatic rings. The number of ether oxygens (including phenoxy) is 1. The molecule has 194 valence electrons. The van der Waals surface area contributed by atoms with Gasteiger partial charge in [0.25, 0.3) is 0 Å². The van der Waals surface area contributed by atoms with E-state index in [1.165, 1.54) is 31.5 Å². The van der Waals surface area contributed by atoms with E-state index in [4.69, 9.17) is 27.9 Å². The van der Waals surface area contributed by atoms with E-state index in [-0.39, 0.29) is 22.9 Å². The van der Waals surface area contributed by atoms with E-state index < -0.39 is 23.4 Å². The molecule has 0 saturated carbocycles. The lowest BCUT2D eigenvalue weighted by Crippen LogP contribution is -2.44. The maximum absolute atomic E-state index is 15.6. The summed E-state index contributed by atoms with van der Waals surface area (Å²) in [6, 6.07) is 9.22. The van der Waals surface area contributed by atoms with E-state index in [0.29, 0.717) is 60.3 Å². The van der Waals surface area contributed by atoms with Gasteiger partial charge in [0.05, 0.1) is 34.6 Å². The summed E-state index contributed by atoms with van der Waals surface area (Å²) in [4.78, 5) is 18.6. The Morgan fingerprint density at radius 3 is 2.65 bits per heavy atom. The van der Waals surface area contributed by atoms with Gasteiger partial charge >= 0.3 is 5.97 Å². The molecule has 0 spiro atoms. The number of hydrogen-bond donors (Lipinski definition) is 1. The average molecular weight is 547 g/mol. The Morgan fingerprint density at radius 1 is 1.22 bits per heavy atom. The number of likely N-dealkylation sites (tertiary alicyclic amines) is 1. The van der Waals surface area contributed by atoms with Gasteiger partial charge in [0.1, 0.15) is 17.7 Å². The van der Waals surface area contributed by atoms with Crippen molar-refractivity contribution in [1.29, 1.82) is 0 Å². The third-order valence-corrected chi connectivity index (χ3v) is 7.60. The number of piperidine rings is 1. The fraction of sp³-hybridized carbons (Fsp3) is 0.357. The zero-order valence-electron chi connectivity index (χ0n) is 20.2. The molecule has 2 heterocycles. The zero-order valence-corrected chi connectivity index (χ0v) is 21.8. The molecular formula is C28H26Cl2F2N2O3. The van der Waals surface area contributed by atoms with Crippen molar-refractivity contribution in [3.05, 3.63) is 69.6 Å². The Morgan fingerprint density at radius 2 is 1.97 bits per heavy atom. The second kappa shape index (κ2) is 11.6. The number of aromatic nitrogens is 1. The fourth-order valence-electron chi connectivity index (χ4n) is 4.71.